The van der Waals surface area contributed by atoms with Crippen LogP contribution in [0.25, 0.3) is 0 Å². The number of aliphatic hydroxyl groups excluding tert-OH is 1. The topological polar surface area (TPSA) is 81.3 Å². The van der Waals surface area contributed by atoms with Crippen molar-refractivity contribution >= 4 is 5.97 Å². The van der Waals surface area contributed by atoms with Crippen LogP contribution in [0, 0.1) is 11.3 Å². The van der Waals surface area contributed by atoms with E-state index in [1.807, 2.05) is 6.07 Å². The Balaban J connectivity index is 2.52. The highest BCUT2D eigenvalue weighted by Crippen LogP contribution is 2.07. The second-order valence-corrected chi connectivity index (χ2v) is 3.20. The van der Waals surface area contributed by atoms with E-state index in [0.717, 1.165) is 5.56 Å². The Hall–Kier alpha value is -1.86. The van der Waals surface area contributed by atoms with Crippen LogP contribution in [-0.2, 0) is 11.2 Å². The molecule has 0 aliphatic carbocycles. The third-order valence-corrected chi connectivity index (χ3v) is 2.07. The van der Waals surface area contributed by atoms with Gasteiger partial charge in [0.2, 0.25) is 0 Å². The van der Waals surface area contributed by atoms with E-state index < -0.39 is 12.1 Å². The zero-order valence-corrected chi connectivity index (χ0v) is 8.05. The fraction of sp³-hybridized carbons (Fsp3) is 0.273. The van der Waals surface area contributed by atoms with Crippen LogP contribution in [0.15, 0.2) is 24.3 Å². The van der Waals surface area contributed by atoms with E-state index in [1.165, 1.54) is 0 Å². The summed E-state index contributed by atoms with van der Waals surface area (Å²) in [6.07, 6.45) is -0.652. The van der Waals surface area contributed by atoms with Crippen LogP contribution in [0.4, 0.5) is 0 Å². The van der Waals surface area contributed by atoms with Gasteiger partial charge in [0.1, 0.15) is 0 Å². The molecule has 4 nitrogen and oxygen atoms in total. The SMILES string of the molecule is N#Cc1ccc(CC[C@@H](O)C(=O)O)cc1. The first-order chi connectivity index (χ1) is 7.13. The summed E-state index contributed by atoms with van der Waals surface area (Å²) in [4.78, 5) is 10.3. The summed E-state index contributed by atoms with van der Waals surface area (Å²) >= 11 is 0. The number of hydrogen-bond acceptors (Lipinski definition) is 3. The Bertz CT molecular complexity index is 378. The molecule has 2 N–H and O–H groups in total. The summed E-state index contributed by atoms with van der Waals surface area (Å²) in [6, 6.07) is 8.85. The van der Waals surface area contributed by atoms with E-state index in [0.29, 0.717) is 12.0 Å². The van der Waals surface area contributed by atoms with Crippen molar-refractivity contribution in [2.45, 2.75) is 18.9 Å². The van der Waals surface area contributed by atoms with E-state index in [2.05, 4.69) is 0 Å². The van der Waals surface area contributed by atoms with Crippen molar-refractivity contribution in [1.29, 1.82) is 5.26 Å². The van der Waals surface area contributed by atoms with Gasteiger partial charge in [-0.15, -0.1) is 0 Å². The molecule has 0 fully saturated rings. The number of carboxylic acids is 1. The lowest BCUT2D eigenvalue weighted by Gasteiger charge is -2.04. The van der Waals surface area contributed by atoms with Gasteiger partial charge >= 0.3 is 5.97 Å². The molecule has 0 saturated heterocycles. The average molecular weight is 205 g/mol. The monoisotopic (exact) mass is 205 g/mol. The molecule has 1 aromatic rings. The van der Waals surface area contributed by atoms with Gasteiger partial charge in [-0.25, -0.2) is 4.79 Å². The molecule has 0 amide bonds. The molecule has 15 heavy (non-hydrogen) atoms. The Labute approximate surface area is 87.4 Å². The van der Waals surface area contributed by atoms with Gasteiger partial charge in [0.05, 0.1) is 11.6 Å². The molecule has 1 rings (SSSR count). The number of nitrogens with zero attached hydrogens (tertiary/aromatic N) is 1. The smallest absolute Gasteiger partial charge is 0.332 e. The minimum atomic E-state index is -1.32. The Morgan fingerprint density at radius 3 is 2.47 bits per heavy atom. The van der Waals surface area contributed by atoms with E-state index in [4.69, 9.17) is 15.5 Å². The Morgan fingerprint density at radius 1 is 1.40 bits per heavy atom. The average Bonchev–Trinajstić information content (AvgIpc) is 2.26. The third kappa shape index (κ3) is 3.41. The molecule has 0 saturated carbocycles. The molecule has 0 heterocycles. The van der Waals surface area contributed by atoms with Gasteiger partial charge in [0, 0.05) is 0 Å². The minimum Gasteiger partial charge on any atom is -0.479 e. The molecule has 0 unspecified atom stereocenters. The van der Waals surface area contributed by atoms with E-state index in [-0.39, 0.29) is 6.42 Å². The molecule has 0 radical (unpaired) electrons. The number of nitriles is 1. The number of aliphatic hydroxyl groups is 1. The van der Waals surface area contributed by atoms with Crippen molar-refractivity contribution in [2.24, 2.45) is 0 Å². The molecule has 1 aromatic carbocycles. The maximum Gasteiger partial charge on any atom is 0.332 e. The number of rotatable bonds is 4. The second kappa shape index (κ2) is 5.13. The van der Waals surface area contributed by atoms with E-state index in [1.54, 1.807) is 24.3 Å². The van der Waals surface area contributed by atoms with Crippen molar-refractivity contribution in [3.63, 3.8) is 0 Å². The zero-order valence-electron chi connectivity index (χ0n) is 8.05. The minimum absolute atomic E-state index is 0.182. The maximum absolute atomic E-state index is 10.3. The van der Waals surface area contributed by atoms with Crippen LogP contribution in [-0.4, -0.2) is 22.3 Å². The molecular formula is C11H11NO3. The molecular weight excluding hydrogens is 194 g/mol. The number of carboxylic acid groups (broad SMARTS) is 1. The van der Waals surface area contributed by atoms with Gasteiger partial charge in [-0.1, -0.05) is 12.1 Å². The van der Waals surface area contributed by atoms with E-state index in [9.17, 15) is 4.79 Å². The lowest BCUT2D eigenvalue weighted by molar-refractivity contribution is -0.146. The molecule has 0 spiro atoms. The van der Waals surface area contributed by atoms with Crippen molar-refractivity contribution in [1.82, 2.24) is 0 Å². The second-order valence-electron chi connectivity index (χ2n) is 3.20. The highest BCUT2D eigenvalue weighted by Gasteiger charge is 2.12. The van der Waals surface area contributed by atoms with Crippen LogP contribution >= 0.6 is 0 Å². The highest BCUT2D eigenvalue weighted by atomic mass is 16.4. The quantitative estimate of drug-likeness (QED) is 0.766. The van der Waals surface area contributed by atoms with E-state index >= 15 is 0 Å². The van der Waals surface area contributed by atoms with Gasteiger partial charge in [0.25, 0.3) is 0 Å². The lowest BCUT2D eigenvalue weighted by atomic mass is 10.1. The Kier molecular flexibility index (Phi) is 3.83. The van der Waals surface area contributed by atoms with Crippen molar-refractivity contribution in [3.05, 3.63) is 35.4 Å². The summed E-state index contributed by atoms with van der Waals surface area (Å²) in [5.41, 5.74) is 1.48. The number of aryl methyl sites for hydroxylation is 1. The predicted molar refractivity (Wildman–Crippen MR) is 53.1 cm³/mol. The molecule has 0 bridgehead atoms. The molecule has 0 aliphatic rings. The summed E-state index contributed by atoms with van der Waals surface area (Å²) < 4.78 is 0. The van der Waals surface area contributed by atoms with Crippen molar-refractivity contribution in [3.8, 4) is 6.07 Å². The standard InChI is InChI=1S/C11H11NO3/c12-7-9-3-1-8(2-4-9)5-6-10(13)11(14)15/h1-4,10,13H,5-6H2,(H,14,15)/t10-/m1/s1. The number of hydrogen-bond donors (Lipinski definition) is 2. The molecule has 1 atom stereocenters. The van der Waals surface area contributed by atoms with Gasteiger partial charge < -0.3 is 10.2 Å². The predicted octanol–water partition coefficient (Wildman–Crippen LogP) is 0.936. The first kappa shape index (κ1) is 11.2. The van der Waals surface area contributed by atoms with Crippen LogP contribution in [0.1, 0.15) is 17.5 Å². The lowest BCUT2D eigenvalue weighted by Crippen LogP contribution is -2.19. The summed E-state index contributed by atoms with van der Waals surface area (Å²) in [5, 5.41) is 26.0. The van der Waals surface area contributed by atoms with Gasteiger partial charge in [0.15, 0.2) is 6.10 Å². The number of benzene rings is 1. The Morgan fingerprint density at radius 2 is 2.00 bits per heavy atom. The maximum atomic E-state index is 10.3. The number of carbonyl (C=O) groups is 1. The normalized spacial score (nSPS) is 11.7. The van der Waals surface area contributed by atoms with Gasteiger partial charge in [-0.3, -0.25) is 0 Å². The van der Waals surface area contributed by atoms with Crippen LogP contribution < -0.4 is 0 Å². The fourth-order valence-electron chi connectivity index (χ4n) is 1.17. The molecule has 0 aliphatic heterocycles. The van der Waals surface area contributed by atoms with Gasteiger partial charge in [-0.05, 0) is 30.5 Å². The van der Waals surface area contributed by atoms with Crippen molar-refractivity contribution in [2.75, 3.05) is 0 Å². The van der Waals surface area contributed by atoms with Crippen LogP contribution in [0.3, 0.4) is 0 Å². The molecule has 4 heteroatoms. The van der Waals surface area contributed by atoms with Gasteiger partial charge in [-0.2, -0.15) is 5.26 Å². The fourth-order valence-corrected chi connectivity index (χ4v) is 1.17. The molecule has 78 valence electrons. The summed E-state index contributed by atoms with van der Waals surface area (Å²) in [5.74, 6) is -1.20. The third-order valence-electron chi connectivity index (χ3n) is 2.07. The summed E-state index contributed by atoms with van der Waals surface area (Å²) in [7, 11) is 0. The zero-order chi connectivity index (χ0) is 11.3. The van der Waals surface area contributed by atoms with Crippen LogP contribution in [0.5, 0.6) is 0 Å². The first-order valence-corrected chi connectivity index (χ1v) is 4.53. The first-order valence-electron chi connectivity index (χ1n) is 4.53. The van der Waals surface area contributed by atoms with Crippen molar-refractivity contribution < 1.29 is 15.0 Å². The highest BCUT2D eigenvalue weighted by molar-refractivity contribution is 5.71. The largest absolute Gasteiger partial charge is 0.479 e. The summed E-state index contributed by atoms with van der Waals surface area (Å²) in [6.45, 7) is 0. The van der Waals surface area contributed by atoms with Crippen LogP contribution in [0.2, 0.25) is 0 Å². The molecule has 0 aromatic heterocycles. The number of aliphatic carboxylic acids is 1.